The number of benzene rings is 1. The number of rotatable bonds is 5. The topological polar surface area (TPSA) is 57.6 Å². The molecule has 120 valence electrons. The number of amides is 1. The molecule has 0 bridgehead atoms. The predicted molar refractivity (Wildman–Crippen MR) is 80.8 cm³/mol. The minimum atomic E-state index is -0.754. The molecule has 1 N–H and O–H groups in total. The second-order valence-corrected chi connectivity index (χ2v) is 6.02. The fraction of sp³-hybridized carbons (Fsp3) is 0.529. The smallest absolute Gasteiger partial charge is 0.306 e. The minimum absolute atomic E-state index is 0.0613. The second kappa shape index (κ2) is 7.38. The first-order valence-corrected chi connectivity index (χ1v) is 7.69. The summed E-state index contributed by atoms with van der Waals surface area (Å²) < 4.78 is 12.8. The molecule has 2 rings (SSSR count). The normalized spacial score (nSPS) is 21.4. The van der Waals surface area contributed by atoms with Crippen molar-refractivity contribution in [2.75, 3.05) is 13.6 Å². The predicted octanol–water partition coefficient (Wildman–Crippen LogP) is 2.72. The highest BCUT2D eigenvalue weighted by Crippen LogP contribution is 2.30. The van der Waals surface area contributed by atoms with Crippen LogP contribution in [0.1, 0.15) is 31.2 Å². The summed E-state index contributed by atoms with van der Waals surface area (Å²) in [4.78, 5) is 25.0. The Morgan fingerprint density at radius 2 is 1.68 bits per heavy atom. The van der Waals surface area contributed by atoms with Crippen LogP contribution in [0.15, 0.2) is 24.3 Å². The van der Waals surface area contributed by atoms with Gasteiger partial charge in [0.1, 0.15) is 5.82 Å². The second-order valence-electron chi connectivity index (χ2n) is 6.02. The Balaban J connectivity index is 1.80. The molecule has 0 aromatic heterocycles. The van der Waals surface area contributed by atoms with Crippen molar-refractivity contribution in [3.05, 3.63) is 35.6 Å². The zero-order valence-corrected chi connectivity index (χ0v) is 12.8. The molecule has 1 aliphatic carbocycles. The number of carboxylic acid groups (broad SMARTS) is 1. The van der Waals surface area contributed by atoms with E-state index in [9.17, 15) is 14.0 Å². The van der Waals surface area contributed by atoms with Gasteiger partial charge in [-0.2, -0.15) is 0 Å². The van der Waals surface area contributed by atoms with E-state index in [-0.39, 0.29) is 23.6 Å². The first-order valence-electron chi connectivity index (χ1n) is 7.69. The molecule has 1 aromatic carbocycles. The molecule has 1 aromatic rings. The van der Waals surface area contributed by atoms with Crippen LogP contribution in [0, 0.1) is 17.7 Å². The Labute approximate surface area is 129 Å². The zero-order chi connectivity index (χ0) is 16.1. The molecule has 0 saturated heterocycles. The summed E-state index contributed by atoms with van der Waals surface area (Å²) in [5.74, 6) is -1.28. The molecule has 1 aliphatic rings. The van der Waals surface area contributed by atoms with Crippen molar-refractivity contribution in [2.24, 2.45) is 11.8 Å². The zero-order valence-electron chi connectivity index (χ0n) is 12.8. The SMILES string of the molecule is CN(CCc1ccc(F)cc1)C(=O)C1CCC(C(=O)O)CC1. The summed E-state index contributed by atoms with van der Waals surface area (Å²) >= 11 is 0. The van der Waals surface area contributed by atoms with Crippen molar-refractivity contribution in [1.29, 1.82) is 0 Å². The number of carbonyl (C=O) groups excluding carboxylic acids is 1. The third-order valence-electron chi connectivity index (χ3n) is 4.45. The number of nitrogens with zero attached hydrogens (tertiary/aromatic N) is 1. The molecule has 1 fully saturated rings. The first kappa shape index (κ1) is 16.5. The molecule has 4 nitrogen and oxygen atoms in total. The number of hydrogen-bond donors (Lipinski definition) is 1. The van der Waals surface area contributed by atoms with Gasteiger partial charge in [-0.15, -0.1) is 0 Å². The van der Waals surface area contributed by atoms with Crippen molar-refractivity contribution in [3.8, 4) is 0 Å². The van der Waals surface area contributed by atoms with E-state index < -0.39 is 5.97 Å². The van der Waals surface area contributed by atoms with Gasteiger partial charge >= 0.3 is 5.97 Å². The maximum absolute atomic E-state index is 12.8. The van der Waals surface area contributed by atoms with E-state index in [1.54, 1.807) is 24.1 Å². The maximum atomic E-state index is 12.8. The number of carboxylic acids is 1. The van der Waals surface area contributed by atoms with E-state index in [1.165, 1.54) is 12.1 Å². The Morgan fingerprint density at radius 1 is 1.14 bits per heavy atom. The van der Waals surface area contributed by atoms with E-state index in [1.807, 2.05) is 0 Å². The van der Waals surface area contributed by atoms with Gasteiger partial charge in [-0.05, 0) is 49.8 Å². The van der Waals surface area contributed by atoms with Crippen LogP contribution in [0.5, 0.6) is 0 Å². The molecule has 0 heterocycles. The Kier molecular flexibility index (Phi) is 5.52. The Hall–Kier alpha value is -1.91. The van der Waals surface area contributed by atoms with E-state index in [4.69, 9.17) is 5.11 Å². The van der Waals surface area contributed by atoms with Crippen molar-refractivity contribution >= 4 is 11.9 Å². The van der Waals surface area contributed by atoms with E-state index in [0.29, 0.717) is 38.6 Å². The third kappa shape index (κ3) is 4.29. The van der Waals surface area contributed by atoms with Crippen LogP contribution in [-0.2, 0) is 16.0 Å². The lowest BCUT2D eigenvalue weighted by Crippen LogP contribution is -2.37. The van der Waals surface area contributed by atoms with Crippen LogP contribution in [0.25, 0.3) is 0 Å². The molecule has 0 radical (unpaired) electrons. The van der Waals surface area contributed by atoms with Gasteiger partial charge < -0.3 is 10.0 Å². The average molecular weight is 307 g/mol. The number of likely N-dealkylation sites (N-methyl/N-ethyl adjacent to an activating group) is 1. The van der Waals surface area contributed by atoms with Gasteiger partial charge in [0.2, 0.25) is 5.91 Å². The summed E-state index contributed by atoms with van der Waals surface area (Å²) in [5.41, 5.74) is 0.996. The van der Waals surface area contributed by atoms with Crippen LogP contribution >= 0.6 is 0 Å². The summed E-state index contributed by atoms with van der Waals surface area (Å²) in [7, 11) is 1.77. The highest BCUT2D eigenvalue weighted by Gasteiger charge is 2.30. The van der Waals surface area contributed by atoms with Gasteiger partial charge in [0.05, 0.1) is 5.92 Å². The third-order valence-corrected chi connectivity index (χ3v) is 4.45. The number of hydrogen-bond acceptors (Lipinski definition) is 2. The van der Waals surface area contributed by atoms with Crippen LogP contribution < -0.4 is 0 Å². The van der Waals surface area contributed by atoms with Gasteiger partial charge in [-0.1, -0.05) is 12.1 Å². The van der Waals surface area contributed by atoms with Crippen molar-refractivity contribution in [3.63, 3.8) is 0 Å². The largest absolute Gasteiger partial charge is 0.481 e. The first-order chi connectivity index (χ1) is 10.5. The Bertz CT molecular complexity index is 521. The van der Waals surface area contributed by atoms with Gasteiger partial charge in [0.15, 0.2) is 0 Å². The van der Waals surface area contributed by atoms with E-state index >= 15 is 0 Å². The molecule has 0 spiro atoms. The van der Waals surface area contributed by atoms with Gasteiger partial charge in [-0.3, -0.25) is 9.59 Å². The molecule has 0 atom stereocenters. The summed E-state index contributed by atoms with van der Waals surface area (Å²) in [6, 6.07) is 6.30. The number of carbonyl (C=O) groups is 2. The lowest BCUT2D eigenvalue weighted by molar-refractivity contribution is -0.145. The van der Waals surface area contributed by atoms with Crippen LogP contribution in [-0.4, -0.2) is 35.5 Å². The molecular formula is C17H22FNO3. The summed E-state index contributed by atoms with van der Waals surface area (Å²) in [6.45, 7) is 0.587. The Morgan fingerprint density at radius 3 is 2.23 bits per heavy atom. The van der Waals surface area contributed by atoms with Crippen LogP contribution in [0.4, 0.5) is 4.39 Å². The minimum Gasteiger partial charge on any atom is -0.481 e. The number of aliphatic carboxylic acids is 1. The maximum Gasteiger partial charge on any atom is 0.306 e. The highest BCUT2D eigenvalue weighted by molar-refractivity contribution is 5.79. The van der Waals surface area contributed by atoms with Crippen molar-refractivity contribution in [1.82, 2.24) is 4.90 Å². The molecule has 1 saturated carbocycles. The molecule has 1 amide bonds. The van der Waals surface area contributed by atoms with Crippen molar-refractivity contribution < 1.29 is 19.1 Å². The molecule has 22 heavy (non-hydrogen) atoms. The van der Waals surface area contributed by atoms with Crippen molar-refractivity contribution in [2.45, 2.75) is 32.1 Å². The fourth-order valence-electron chi connectivity index (χ4n) is 2.96. The standard InChI is InChI=1S/C17H22FNO3/c1-19(11-10-12-2-8-15(18)9-3-12)16(20)13-4-6-14(7-5-13)17(21)22/h2-3,8-9,13-14H,4-7,10-11H2,1H3,(H,21,22). The molecular weight excluding hydrogens is 285 g/mol. The lowest BCUT2D eigenvalue weighted by Gasteiger charge is -2.29. The highest BCUT2D eigenvalue weighted by atomic mass is 19.1. The monoisotopic (exact) mass is 307 g/mol. The lowest BCUT2D eigenvalue weighted by atomic mass is 9.81. The van der Waals surface area contributed by atoms with Crippen LogP contribution in [0.3, 0.4) is 0 Å². The van der Waals surface area contributed by atoms with E-state index in [2.05, 4.69) is 0 Å². The van der Waals surface area contributed by atoms with Crippen LogP contribution in [0.2, 0.25) is 0 Å². The number of halogens is 1. The average Bonchev–Trinajstić information content (AvgIpc) is 2.53. The van der Waals surface area contributed by atoms with Gasteiger partial charge in [0.25, 0.3) is 0 Å². The van der Waals surface area contributed by atoms with E-state index in [0.717, 1.165) is 5.56 Å². The molecule has 0 aliphatic heterocycles. The fourth-order valence-corrected chi connectivity index (χ4v) is 2.96. The van der Waals surface area contributed by atoms with Gasteiger partial charge in [-0.25, -0.2) is 4.39 Å². The summed E-state index contributed by atoms with van der Waals surface area (Å²) in [5, 5.41) is 8.98. The molecule has 5 heteroatoms. The summed E-state index contributed by atoms with van der Waals surface area (Å²) in [6.07, 6.45) is 3.15. The molecule has 0 unspecified atom stereocenters. The quantitative estimate of drug-likeness (QED) is 0.910. The van der Waals surface area contributed by atoms with Gasteiger partial charge in [0, 0.05) is 19.5 Å².